The van der Waals surface area contributed by atoms with Crippen molar-refractivity contribution in [2.24, 2.45) is 0 Å². The molecule has 0 spiro atoms. The standard InChI is InChI=1S/C12H10O3S2/c16-11-5-1-9(2-6-11)13-15-14-10-3-7-12(17)8-4-10/h1-8,16-17H. The lowest BCUT2D eigenvalue weighted by atomic mass is 10.3. The first-order valence-electron chi connectivity index (χ1n) is 4.83. The third-order valence-electron chi connectivity index (χ3n) is 1.93. The van der Waals surface area contributed by atoms with Crippen molar-refractivity contribution in [1.29, 1.82) is 0 Å². The summed E-state index contributed by atoms with van der Waals surface area (Å²) in [6, 6.07) is 14.1. The molecule has 2 aromatic carbocycles. The molecule has 0 aromatic heterocycles. The van der Waals surface area contributed by atoms with Gasteiger partial charge in [0.2, 0.25) is 0 Å². The lowest BCUT2D eigenvalue weighted by Crippen LogP contribution is -2.01. The topological polar surface area (TPSA) is 27.7 Å². The number of benzene rings is 2. The molecular formula is C12H10O3S2. The molecule has 0 bridgehead atoms. The zero-order valence-corrected chi connectivity index (χ0v) is 10.5. The van der Waals surface area contributed by atoms with Crippen molar-refractivity contribution in [3.63, 3.8) is 0 Å². The zero-order chi connectivity index (χ0) is 12.1. The van der Waals surface area contributed by atoms with E-state index in [9.17, 15) is 0 Å². The minimum Gasteiger partial charge on any atom is -0.299 e. The third-order valence-corrected chi connectivity index (χ3v) is 2.53. The fourth-order valence-electron chi connectivity index (χ4n) is 1.10. The molecule has 0 saturated heterocycles. The molecule has 0 heterocycles. The molecule has 0 aliphatic rings. The Morgan fingerprint density at radius 2 is 0.941 bits per heavy atom. The van der Waals surface area contributed by atoms with Crippen LogP contribution in [-0.4, -0.2) is 0 Å². The van der Waals surface area contributed by atoms with Crippen LogP contribution in [-0.2, 0) is 5.04 Å². The zero-order valence-electron chi connectivity index (χ0n) is 8.74. The van der Waals surface area contributed by atoms with Gasteiger partial charge >= 0.3 is 0 Å². The van der Waals surface area contributed by atoms with Gasteiger partial charge in [0.25, 0.3) is 0 Å². The van der Waals surface area contributed by atoms with Crippen molar-refractivity contribution >= 4 is 25.3 Å². The highest BCUT2D eigenvalue weighted by atomic mass is 32.1. The number of thiol groups is 2. The molecule has 88 valence electrons. The molecule has 0 aliphatic heterocycles. The second kappa shape index (κ2) is 5.86. The molecule has 0 amide bonds. The van der Waals surface area contributed by atoms with Crippen LogP contribution in [0.3, 0.4) is 0 Å². The minimum absolute atomic E-state index is 0.536. The molecule has 0 aliphatic carbocycles. The maximum Gasteiger partial charge on any atom is 0.169 e. The monoisotopic (exact) mass is 266 g/mol. The van der Waals surface area contributed by atoms with E-state index in [1.165, 1.54) is 0 Å². The fourth-order valence-corrected chi connectivity index (χ4v) is 1.40. The van der Waals surface area contributed by atoms with Gasteiger partial charge in [-0.15, -0.1) is 25.3 Å². The van der Waals surface area contributed by atoms with Crippen LogP contribution in [0.5, 0.6) is 11.5 Å². The van der Waals surface area contributed by atoms with E-state index in [0.29, 0.717) is 11.5 Å². The minimum atomic E-state index is 0.536. The number of hydrogen-bond acceptors (Lipinski definition) is 5. The molecular weight excluding hydrogens is 256 g/mol. The Kier molecular flexibility index (Phi) is 4.19. The predicted molar refractivity (Wildman–Crippen MR) is 69.7 cm³/mol. The van der Waals surface area contributed by atoms with Crippen molar-refractivity contribution in [1.82, 2.24) is 0 Å². The molecule has 0 saturated carbocycles. The largest absolute Gasteiger partial charge is 0.299 e. The van der Waals surface area contributed by atoms with Gasteiger partial charge in [-0.25, -0.2) is 0 Å². The second-order valence-corrected chi connectivity index (χ2v) is 4.26. The quantitative estimate of drug-likeness (QED) is 0.503. The summed E-state index contributed by atoms with van der Waals surface area (Å²) in [5.41, 5.74) is 0. The molecule has 2 aromatic rings. The van der Waals surface area contributed by atoms with Gasteiger partial charge < -0.3 is 0 Å². The van der Waals surface area contributed by atoms with Crippen molar-refractivity contribution < 1.29 is 14.8 Å². The van der Waals surface area contributed by atoms with Gasteiger partial charge in [0, 0.05) is 14.8 Å². The summed E-state index contributed by atoms with van der Waals surface area (Å²) in [6.45, 7) is 0. The smallest absolute Gasteiger partial charge is 0.169 e. The molecule has 0 unspecified atom stereocenters. The summed E-state index contributed by atoms with van der Waals surface area (Å²) in [5, 5.41) is 4.64. The molecule has 0 atom stereocenters. The summed E-state index contributed by atoms with van der Waals surface area (Å²) in [6.07, 6.45) is 0. The van der Waals surface area contributed by atoms with E-state index in [1.54, 1.807) is 48.5 Å². The first-order valence-corrected chi connectivity index (χ1v) is 5.73. The highest BCUT2D eigenvalue weighted by Gasteiger charge is 1.97. The second-order valence-electron chi connectivity index (χ2n) is 3.22. The third kappa shape index (κ3) is 3.89. The molecule has 5 heteroatoms. The van der Waals surface area contributed by atoms with Gasteiger partial charge in [-0.1, -0.05) is 0 Å². The normalized spacial score (nSPS) is 10.0. The Morgan fingerprint density at radius 1 is 0.588 bits per heavy atom. The Balaban J connectivity index is 1.83. The average Bonchev–Trinajstić information content (AvgIpc) is 2.34. The van der Waals surface area contributed by atoms with Crippen molar-refractivity contribution in [2.45, 2.75) is 9.79 Å². The van der Waals surface area contributed by atoms with Crippen LogP contribution in [0.4, 0.5) is 0 Å². The fraction of sp³-hybridized carbons (Fsp3) is 0. The van der Waals surface area contributed by atoms with E-state index in [2.05, 4.69) is 30.3 Å². The SMILES string of the molecule is Sc1ccc(OOOc2ccc(S)cc2)cc1. The van der Waals surface area contributed by atoms with E-state index in [4.69, 9.17) is 9.78 Å². The molecule has 0 radical (unpaired) electrons. The summed E-state index contributed by atoms with van der Waals surface area (Å²) in [4.78, 5) is 11.5. The van der Waals surface area contributed by atoms with Crippen molar-refractivity contribution in [3.05, 3.63) is 48.5 Å². The van der Waals surface area contributed by atoms with Crippen LogP contribution in [0.1, 0.15) is 0 Å². The predicted octanol–water partition coefficient (Wildman–Crippen LogP) is 3.57. The molecule has 2 rings (SSSR count). The van der Waals surface area contributed by atoms with E-state index in [-0.39, 0.29) is 0 Å². The highest BCUT2D eigenvalue weighted by Crippen LogP contribution is 2.17. The number of hydrogen-bond donors (Lipinski definition) is 2. The van der Waals surface area contributed by atoms with Gasteiger partial charge in [0.1, 0.15) is 0 Å². The molecule has 0 N–H and O–H groups in total. The number of rotatable bonds is 4. The van der Waals surface area contributed by atoms with E-state index in [0.717, 1.165) is 9.79 Å². The van der Waals surface area contributed by atoms with Crippen LogP contribution < -0.4 is 9.78 Å². The Hall–Kier alpha value is -1.30. The average molecular weight is 266 g/mol. The van der Waals surface area contributed by atoms with Crippen LogP contribution >= 0.6 is 25.3 Å². The van der Waals surface area contributed by atoms with Crippen molar-refractivity contribution in [2.75, 3.05) is 0 Å². The maximum atomic E-state index is 4.92. The highest BCUT2D eigenvalue weighted by molar-refractivity contribution is 7.80. The van der Waals surface area contributed by atoms with Gasteiger partial charge in [-0.3, -0.25) is 9.78 Å². The van der Waals surface area contributed by atoms with Gasteiger partial charge in [0.15, 0.2) is 11.5 Å². The summed E-state index contributed by atoms with van der Waals surface area (Å²) in [7, 11) is 0. The van der Waals surface area contributed by atoms with Gasteiger partial charge in [-0.05, 0) is 48.5 Å². The lowest BCUT2D eigenvalue weighted by Gasteiger charge is -2.04. The Labute approximate surface area is 110 Å². The Morgan fingerprint density at radius 3 is 1.29 bits per heavy atom. The molecule has 17 heavy (non-hydrogen) atoms. The first kappa shape index (κ1) is 12.2. The van der Waals surface area contributed by atoms with Crippen LogP contribution in [0.25, 0.3) is 0 Å². The van der Waals surface area contributed by atoms with Gasteiger partial charge in [0.05, 0.1) is 0 Å². The van der Waals surface area contributed by atoms with Crippen LogP contribution in [0.2, 0.25) is 0 Å². The van der Waals surface area contributed by atoms with Crippen LogP contribution in [0.15, 0.2) is 58.3 Å². The Bertz CT molecular complexity index is 423. The van der Waals surface area contributed by atoms with Crippen LogP contribution in [0, 0.1) is 0 Å². The van der Waals surface area contributed by atoms with E-state index < -0.39 is 0 Å². The molecule has 0 fully saturated rings. The summed E-state index contributed by atoms with van der Waals surface area (Å²) in [5.74, 6) is 1.07. The van der Waals surface area contributed by atoms with Gasteiger partial charge in [-0.2, -0.15) is 0 Å². The summed E-state index contributed by atoms with van der Waals surface area (Å²) >= 11 is 8.31. The maximum absolute atomic E-state index is 4.92. The first-order chi connectivity index (χ1) is 8.24. The van der Waals surface area contributed by atoms with Crippen molar-refractivity contribution in [3.8, 4) is 11.5 Å². The van der Waals surface area contributed by atoms with E-state index in [1.807, 2.05) is 0 Å². The van der Waals surface area contributed by atoms with E-state index >= 15 is 0 Å². The summed E-state index contributed by atoms with van der Waals surface area (Å²) < 4.78 is 0. The lowest BCUT2D eigenvalue weighted by molar-refractivity contribution is -0.411. The molecule has 3 nitrogen and oxygen atoms in total.